The summed E-state index contributed by atoms with van der Waals surface area (Å²) in [5.74, 6) is 2.46. The number of aliphatic imine (C=N–C) groups is 1. The Morgan fingerprint density at radius 3 is 2.83 bits per heavy atom. The SMILES string of the molecule is CN=C(NCCc1cccs1)NCc1ccc2c(c1)OCCCO2. The molecule has 0 bridgehead atoms. The number of benzene rings is 1. The van der Waals surface area contributed by atoms with Crippen LogP contribution in [-0.2, 0) is 13.0 Å². The lowest BCUT2D eigenvalue weighted by atomic mass is 10.2. The fraction of sp³-hybridized carbons (Fsp3) is 0.389. The van der Waals surface area contributed by atoms with Crippen LogP contribution in [0, 0.1) is 0 Å². The average molecular weight is 345 g/mol. The van der Waals surface area contributed by atoms with E-state index in [1.54, 1.807) is 18.4 Å². The Hall–Kier alpha value is -2.21. The molecular weight excluding hydrogens is 322 g/mol. The van der Waals surface area contributed by atoms with E-state index in [-0.39, 0.29) is 0 Å². The van der Waals surface area contributed by atoms with E-state index in [0.29, 0.717) is 19.8 Å². The first kappa shape index (κ1) is 16.6. The van der Waals surface area contributed by atoms with Gasteiger partial charge in [-0.05, 0) is 35.6 Å². The van der Waals surface area contributed by atoms with Crippen LogP contribution in [-0.4, -0.2) is 32.8 Å². The van der Waals surface area contributed by atoms with E-state index < -0.39 is 0 Å². The topological polar surface area (TPSA) is 54.9 Å². The molecular formula is C18H23N3O2S. The highest BCUT2D eigenvalue weighted by Gasteiger charge is 2.10. The van der Waals surface area contributed by atoms with Crippen LogP contribution in [0.3, 0.4) is 0 Å². The van der Waals surface area contributed by atoms with Gasteiger partial charge in [0.25, 0.3) is 0 Å². The summed E-state index contributed by atoms with van der Waals surface area (Å²) in [5.41, 5.74) is 1.14. The van der Waals surface area contributed by atoms with Crippen LogP contribution >= 0.6 is 11.3 Å². The van der Waals surface area contributed by atoms with Gasteiger partial charge in [0.2, 0.25) is 0 Å². The second-order valence-corrected chi connectivity index (χ2v) is 6.55. The van der Waals surface area contributed by atoms with E-state index in [9.17, 15) is 0 Å². The van der Waals surface area contributed by atoms with Crippen LogP contribution in [0.1, 0.15) is 16.9 Å². The number of hydrogen-bond acceptors (Lipinski definition) is 4. The van der Waals surface area contributed by atoms with Crippen molar-refractivity contribution >= 4 is 17.3 Å². The first-order valence-electron chi connectivity index (χ1n) is 8.20. The number of guanidine groups is 1. The van der Waals surface area contributed by atoms with Crippen LogP contribution in [0.2, 0.25) is 0 Å². The Kier molecular flexibility index (Phi) is 5.96. The highest BCUT2D eigenvalue weighted by Crippen LogP contribution is 2.30. The third-order valence-corrected chi connectivity index (χ3v) is 4.68. The summed E-state index contributed by atoms with van der Waals surface area (Å²) < 4.78 is 11.4. The summed E-state index contributed by atoms with van der Waals surface area (Å²) >= 11 is 1.78. The standard InChI is InChI=1S/C18H23N3O2S/c1-19-18(20-8-7-15-4-2-11-24-15)21-13-14-5-6-16-17(12-14)23-10-3-9-22-16/h2,4-6,11-12H,3,7-10,13H2,1H3,(H2,19,20,21). The Labute approximate surface area is 146 Å². The zero-order valence-electron chi connectivity index (χ0n) is 13.9. The van der Waals surface area contributed by atoms with Crippen molar-refractivity contribution in [3.63, 3.8) is 0 Å². The Bertz CT molecular complexity index is 671. The van der Waals surface area contributed by atoms with Gasteiger partial charge in [-0.25, -0.2) is 0 Å². The number of fused-ring (bicyclic) bond motifs is 1. The molecule has 128 valence electrons. The maximum atomic E-state index is 5.73. The van der Waals surface area contributed by atoms with Gasteiger partial charge in [0.15, 0.2) is 17.5 Å². The number of ether oxygens (including phenoxy) is 2. The molecule has 0 radical (unpaired) electrons. The Morgan fingerprint density at radius 2 is 2.04 bits per heavy atom. The zero-order chi connectivity index (χ0) is 16.6. The molecule has 3 rings (SSSR count). The maximum Gasteiger partial charge on any atom is 0.191 e. The van der Waals surface area contributed by atoms with E-state index >= 15 is 0 Å². The molecule has 6 heteroatoms. The minimum atomic E-state index is 0.690. The minimum Gasteiger partial charge on any atom is -0.490 e. The van der Waals surface area contributed by atoms with Crippen molar-refractivity contribution < 1.29 is 9.47 Å². The number of hydrogen-bond donors (Lipinski definition) is 2. The van der Waals surface area contributed by atoms with Gasteiger partial charge in [0, 0.05) is 31.4 Å². The van der Waals surface area contributed by atoms with Crippen LogP contribution in [0.5, 0.6) is 11.5 Å². The first-order valence-corrected chi connectivity index (χ1v) is 9.08. The first-order chi connectivity index (χ1) is 11.8. The molecule has 1 aliphatic rings. The molecule has 0 saturated carbocycles. The average Bonchev–Trinajstić information content (AvgIpc) is 3.01. The van der Waals surface area contributed by atoms with E-state index in [0.717, 1.165) is 42.4 Å². The lowest BCUT2D eigenvalue weighted by molar-refractivity contribution is 0.297. The molecule has 0 aliphatic carbocycles. The van der Waals surface area contributed by atoms with Crippen molar-refractivity contribution in [2.24, 2.45) is 4.99 Å². The third kappa shape index (κ3) is 4.64. The van der Waals surface area contributed by atoms with Crippen molar-refractivity contribution in [3.8, 4) is 11.5 Å². The monoisotopic (exact) mass is 345 g/mol. The van der Waals surface area contributed by atoms with Crippen molar-refractivity contribution in [1.82, 2.24) is 10.6 Å². The molecule has 0 unspecified atom stereocenters. The summed E-state index contributed by atoms with van der Waals surface area (Å²) in [6.07, 6.45) is 1.92. The molecule has 0 fully saturated rings. The molecule has 0 spiro atoms. The fourth-order valence-electron chi connectivity index (χ4n) is 2.48. The number of nitrogens with zero attached hydrogens (tertiary/aromatic N) is 1. The van der Waals surface area contributed by atoms with E-state index in [1.165, 1.54) is 4.88 Å². The zero-order valence-corrected chi connectivity index (χ0v) is 14.7. The summed E-state index contributed by atoms with van der Waals surface area (Å²) in [6, 6.07) is 10.3. The van der Waals surface area contributed by atoms with Gasteiger partial charge < -0.3 is 20.1 Å². The summed E-state index contributed by atoms with van der Waals surface area (Å²) in [4.78, 5) is 5.64. The van der Waals surface area contributed by atoms with Crippen molar-refractivity contribution in [2.45, 2.75) is 19.4 Å². The molecule has 2 heterocycles. The van der Waals surface area contributed by atoms with Gasteiger partial charge in [-0.1, -0.05) is 12.1 Å². The molecule has 0 saturated heterocycles. The van der Waals surface area contributed by atoms with E-state index in [1.807, 2.05) is 12.1 Å². The largest absolute Gasteiger partial charge is 0.490 e. The van der Waals surface area contributed by atoms with Gasteiger partial charge in [-0.3, -0.25) is 4.99 Å². The lowest BCUT2D eigenvalue weighted by Gasteiger charge is -2.13. The van der Waals surface area contributed by atoms with Gasteiger partial charge in [0.05, 0.1) is 13.2 Å². The van der Waals surface area contributed by atoms with Crippen LogP contribution < -0.4 is 20.1 Å². The number of nitrogens with one attached hydrogen (secondary N) is 2. The van der Waals surface area contributed by atoms with Crippen molar-refractivity contribution in [2.75, 3.05) is 26.8 Å². The predicted molar refractivity (Wildman–Crippen MR) is 98.3 cm³/mol. The second kappa shape index (κ2) is 8.59. The van der Waals surface area contributed by atoms with Crippen molar-refractivity contribution in [1.29, 1.82) is 0 Å². The summed E-state index contributed by atoms with van der Waals surface area (Å²) in [5, 5.41) is 8.78. The van der Waals surface area contributed by atoms with E-state index in [2.05, 4.69) is 39.2 Å². The molecule has 2 N–H and O–H groups in total. The Balaban J connectivity index is 1.49. The van der Waals surface area contributed by atoms with Crippen LogP contribution in [0.15, 0.2) is 40.7 Å². The normalized spacial score (nSPS) is 14.1. The molecule has 0 atom stereocenters. The highest BCUT2D eigenvalue weighted by atomic mass is 32.1. The van der Waals surface area contributed by atoms with Gasteiger partial charge in [-0.2, -0.15) is 0 Å². The van der Waals surface area contributed by atoms with Gasteiger partial charge >= 0.3 is 0 Å². The molecule has 1 aromatic carbocycles. The minimum absolute atomic E-state index is 0.690. The van der Waals surface area contributed by atoms with Crippen molar-refractivity contribution in [3.05, 3.63) is 46.2 Å². The smallest absolute Gasteiger partial charge is 0.191 e. The second-order valence-electron chi connectivity index (χ2n) is 5.51. The predicted octanol–water partition coefficient (Wildman–Crippen LogP) is 2.82. The number of thiophene rings is 1. The fourth-order valence-corrected chi connectivity index (χ4v) is 3.19. The lowest BCUT2D eigenvalue weighted by Crippen LogP contribution is -2.37. The van der Waals surface area contributed by atoms with Crippen LogP contribution in [0.25, 0.3) is 0 Å². The molecule has 24 heavy (non-hydrogen) atoms. The molecule has 5 nitrogen and oxygen atoms in total. The maximum absolute atomic E-state index is 5.73. The molecule has 1 aliphatic heterocycles. The van der Waals surface area contributed by atoms with Crippen LogP contribution in [0.4, 0.5) is 0 Å². The summed E-state index contributed by atoms with van der Waals surface area (Å²) in [6.45, 7) is 2.97. The third-order valence-electron chi connectivity index (χ3n) is 3.74. The molecule has 1 aromatic heterocycles. The Morgan fingerprint density at radius 1 is 1.17 bits per heavy atom. The van der Waals surface area contributed by atoms with Gasteiger partial charge in [-0.15, -0.1) is 11.3 Å². The highest BCUT2D eigenvalue weighted by molar-refractivity contribution is 7.09. The quantitative estimate of drug-likeness (QED) is 0.646. The van der Waals surface area contributed by atoms with E-state index in [4.69, 9.17) is 9.47 Å². The van der Waals surface area contributed by atoms with Gasteiger partial charge in [0.1, 0.15) is 0 Å². The summed E-state index contributed by atoms with van der Waals surface area (Å²) in [7, 11) is 1.79. The number of rotatable bonds is 5. The molecule has 0 amide bonds. The molecule has 2 aromatic rings.